The summed E-state index contributed by atoms with van der Waals surface area (Å²) in [6, 6.07) is 13.2. The first-order valence-corrected chi connectivity index (χ1v) is 11.0. The minimum Gasteiger partial charge on any atom is -0.344 e. The van der Waals surface area contributed by atoms with E-state index < -0.39 is 41.8 Å². The normalized spacial score (nSPS) is 18.7. The molecule has 0 aromatic heterocycles. The predicted octanol–water partition coefficient (Wildman–Crippen LogP) is 3.08. The number of hydrogen-bond acceptors (Lipinski definition) is 4. The van der Waals surface area contributed by atoms with E-state index in [0.29, 0.717) is 24.8 Å². The first-order valence-electron chi connectivity index (χ1n) is 11.0. The molecule has 1 heterocycles. The van der Waals surface area contributed by atoms with Crippen molar-refractivity contribution in [2.45, 2.75) is 51.1 Å². The number of halogens is 1. The number of nitrogens with zero attached hydrogens (tertiary/aromatic N) is 1. The summed E-state index contributed by atoms with van der Waals surface area (Å²) in [4.78, 5) is 51.7. The lowest BCUT2D eigenvalue weighted by Crippen LogP contribution is -2.48. The number of Topliss-reactive ketones (excluding diaryl/α,β-unsaturated/α-hetero) is 1. The lowest BCUT2D eigenvalue weighted by molar-refractivity contribution is -0.136. The van der Waals surface area contributed by atoms with Crippen molar-refractivity contribution in [1.82, 2.24) is 15.5 Å². The van der Waals surface area contributed by atoms with E-state index in [1.165, 1.54) is 31.2 Å². The molecule has 2 atom stereocenters. The molecule has 2 N–H and O–H groups in total. The van der Waals surface area contributed by atoms with Gasteiger partial charge in [-0.05, 0) is 43.0 Å². The Morgan fingerprint density at radius 1 is 1.09 bits per heavy atom. The second kappa shape index (κ2) is 10.4. The van der Waals surface area contributed by atoms with Crippen LogP contribution >= 0.6 is 0 Å². The molecule has 1 aliphatic heterocycles. The van der Waals surface area contributed by atoms with Gasteiger partial charge in [0.1, 0.15) is 17.9 Å². The van der Waals surface area contributed by atoms with Gasteiger partial charge in [-0.1, -0.05) is 62.2 Å². The number of urea groups is 1. The summed E-state index contributed by atoms with van der Waals surface area (Å²) in [6.45, 7) is 2.82. The second-order valence-corrected chi connectivity index (χ2v) is 8.26. The molecular weight excluding hydrogens is 425 g/mol. The summed E-state index contributed by atoms with van der Waals surface area (Å²) in [6.07, 6.45) is 2.05. The molecule has 0 spiro atoms. The number of amides is 4. The molecule has 1 fully saturated rings. The summed E-state index contributed by atoms with van der Waals surface area (Å²) >= 11 is 0. The van der Waals surface area contributed by atoms with E-state index >= 15 is 0 Å². The van der Waals surface area contributed by atoms with Gasteiger partial charge in [-0.2, -0.15) is 0 Å². The Morgan fingerprint density at radius 3 is 2.36 bits per heavy atom. The molecule has 3 rings (SSSR count). The summed E-state index contributed by atoms with van der Waals surface area (Å²) < 4.78 is 13.5. The first kappa shape index (κ1) is 24.1. The van der Waals surface area contributed by atoms with Crippen molar-refractivity contribution in [1.29, 1.82) is 0 Å². The van der Waals surface area contributed by atoms with E-state index in [2.05, 4.69) is 10.6 Å². The van der Waals surface area contributed by atoms with Gasteiger partial charge in [0.05, 0.1) is 6.04 Å². The van der Waals surface area contributed by atoms with Gasteiger partial charge < -0.3 is 10.6 Å². The molecule has 4 amide bonds. The Labute approximate surface area is 192 Å². The van der Waals surface area contributed by atoms with E-state index in [1.54, 1.807) is 0 Å². The van der Waals surface area contributed by atoms with Crippen LogP contribution in [0.2, 0.25) is 0 Å². The Morgan fingerprint density at radius 2 is 1.76 bits per heavy atom. The summed E-state index contributed by atoms with van der Waals surface area (Å²) in [5.41, 5.74) is -0.0161. The third kappa shape index (κ3) is 5.45. The minimum atomic E-state index is -1.36. The average Bonchev–Trinajstić information content (AvgIpc) is 3.03. The quantitative estimate of drug-likeness (QED) is 0.541. The highest BCUT2D eigenvalue weighted by atomic mass is 19.1. The van der Waals surface area contributed by atoms with Crippen LogP contribution in [0, 0.1) is 5.82 Å². The fraction of sp³-hybridized carbons (Fsp3) is 0.360. The van der Waals surface area contributed by atoms with E-state index in [1.807, 2.05) is 37.3 Å². The van der Waals surface area contributed by atoms with Gasteiger partial charge in [0.15, 0.2) is 5.78 Å². The first-order chi connectivity index (χ1) is 15.8. The Hall–Kier alpha value is -3.55. The van der Waals surface area contributed by atoms with Crippen molar-refractivity contribution in [3.63, 3.8) is 0 Å². The Kier molecular flexibility index (Phi) is 7.58. The smallest absolute Gasteiger partial charge is 0.325 e. The third-order valence-electron chi connectivity index (χ3n) is 5.83. The highest BCUT2D eigenvalue weighted by Gasteiger charge is 2.52. The molecule has 0 bridgehead atoms. The molecule has 2 aromatic carbocycles. The third-order valence-corrected chi connectivity index (χ3v) is 5.83. The van der Waals surface area contributed by atoms with Crippen LogP contribution < -0.4 is 10.6 Å². The molecule has 1 saturated heterocycles. The Bertz CT molecular complexity index is 1030. The van der Waals surface area contributed by atoms with Gasteiger partial charge in [-0.3, -0.25) is 19.3 Å². The highest BCUT2D eigenvalue weighted by molar-refractivity contribution is 6.09. The van der Waals surface area contributed by atoms with Gasteiger partial charge >= 0.3 is 6.03 Å². The maximum absolute atomic E-state index is 13.5. The van der Waals surface area contributed by atoms with Gasteiger partial charge in [-0.15, -0.1) is 0 Å². The van der Waals surface area contributed by atoms with Crippen LogP contribution in [0.25, 0.3) is 0 Å². The van der Waals surface area contributed by atoms with E-state index in [-0.39, 0.29) is 5.78 Å². The summed E-state index contributed by atoms with van der Waals surface area (Å²) in [5.74, 6) is -1.86. The zero-order valence-corrected chi connectivity index (χ0v) is 18.8. The van der Waals surface area contributed by atoms with Crippen molar-refractivity contribution in [3.05, 3.63) is 71.5 Å². The second-order valence-electron chi connectivity index (χ2n) is 8.26. The SMILES string of the molecule is CCCCC1(c2ccc(F)cc2)NC(=O)N(CC(=O)NC(Cc2ccccc2)C(C)=O)C1=O. The van der Waals surface area contributed by atoms with Crippen molar-refractivity contribution in [2.75, 3.05) is 6.54 Å². The average molecular weight is 454 g/mol. The molecule has 2 unspecified atom stereocenters. The van der Waals surface area contributed by atoms with Crippen molar-refractivity contribution >= 4 is 23.6 Å². The zero-order chi connectivity index (χ0) is 24.0. The van der Waals surface area contributed by atoms with Crippen molar-refractivity contribution in [2.24, 2.45) is 0 Å². The largest absolute Gasteiger partial charge is 0.344 e. The predicted molar refractivity (Wildman–Crippen MR) is 121 cm³/mol. The molecule has 7 nitrogen and oxygen atoms in total. The molecule has 0 aliphatic carbocycles. The number of carbonyl (C=O) groups excluding carboxylic acids is 4. The van der Waals surface area contributed by atoms with Crippen LogP contribution in [0.1, 0.15) is 44.2 Å². The van der Waals surface area contributed by atoms with Crippen LogP contribution in [0.4, 0.5) is 9.18 Å². The van der Waals surface area contributed by atoms with E-state index in [4.69, 9.17) is 0 Å². The molecule has 2 aromatic rings. The number of rotatable bonds is 10. The van der Waals surface area contributed by atoms with Crippen LogP contribution in [0.15, 0.2) is 54.6 Å². The zero-order valence-electron chi connectivity index (χ0n) is 18.8. The maximum atomic E-state index is 13.5. The minimum absolute atomic E-state index is 0.229. The number of hydrogen-bond donors (Lipinski definition) is 2. The molecule has 1 aliphatic rings. The molecule has 33 heavy (non-hydrogen) atoms. The number of ketones is 1. The molecular formula is C25H28FN3O4. The molecule has 8 heteroatoms. The molecule has 0 saturated carbocycles. The highest BCUT2D eigenvalue weighted by Crippen LogP contribution is 2.34. The maximum Gasteiger partial charge on any atom is 0.325 e. The van der Waals surface area contributed by atoms with Crippen molar-refractivity contribution in [3.8, 4) is 0 Å². The monoisotopic (exact) mass is 453 g/mol. The van der Waals surface area contributed by atoms with Gasteiger partial charge in [0.25, 0.3) is 5.91 Å². The number of imide groups is 1. The fourth-order valence-electron chi connectivity index (χ4n) is 3.99. The van der Waals surface area contributed by atoms with Crippen LogP contribution in [-0.2, 0) is 26.3 Å². The fourth-order valence-corrected chi connectivity index (χ4v) is 3.99. The number of nitrogens with one attached hydrogen (secondary N) is 2. The molecule has 0 radical (unpaired) electrons. The van der Waals surface area contributed by atoms with Gasteiger partial charge in [-0.25, -0.2) is 9.18 Å². The molecule has 174 valence electrons. The summed E-state index contributed by atoms with van der Waals surface area (Å²) in [5, 5.41) is 5.37. The number of carbonyl (C=O) groups is 4. The van der Waals surface area contributed by atoms with Gasteiger partial charge in [0.2, 0.25) is 5.91 Å². The number of unbranched alkanes of at least 4 members (excludes halogenated alkanes) is 1. The topological polar surface area (TPSA) is 95.6 Å². The van der Waals surface area contributed by atoms with Crippen LogP contribution in [0.3, 0.4) is 0 Å². The standard InChI is InChI=1S/C25H28FN3O4/c1-3-4-14-25(19-10-12-20(26)13-11-19)23(32)29(24(33)28-25)16-22(31)27-21(17(2)30)15-18-8-6-5-7-9-18/h5-13,21H,3-4,14-16H2,1-2H3,(H,27,31)(H,28,33). The Balaban J connectivity index is 1.76. The summed E-state index contributed by atoms with van der Waals surface area (Å²) in [7, 11) is 0. The van der Waals surface area contributed by atoms with Gasteiger partial charge in [0, 0.05) is 0 Å². The van der Waals surface area contributed by atoms with Crippen molar-refractivity contribution < 1.29 is 23.6 Å². The number of benzene rings is 2. The van der Waals surface area contributed by atoms with Crippen LogP contribution in [-0.4, -0.2) is 41.1 Å². The van der Waals surface area contributed by atoms with Crippen LogP contribution in [0.5, 0.6) is 0 Å². The lowest BCUT2D eigenvalue weighted by atomic mass is 9.85. The lowest BCUT2D eigenvalue weighted by Gasteiger charge is -2.27. The van der Waals surface area contributed by atoms with E-state index in [9.17, 15) is 23.6 Å². The van der Waals surface area contributed by atoms with E-state index in [0.717, 1.165) is 16.9 Å².